The number of furan rings is 1. The first-order valence-corrected chi connectivity index (χ1v) is 9.79. The standard InChI is InChI=1S/C14H15NOSSi/c1-10-4-5-12-13(8-10)17-14(15-12)18(2,3)11-6-7-16-9-11/h4-9H,1-3H3. The van der Waals surface area contributed by atoms with Crippen LogP contribution < -0.4 is 9.82 Å². The van der Waals surface area contributed by atoms with E-state index >= 15 is 0 Å². The quantitative estimate of drug-likeness (QED) is 0.671. The molecule has 0 unspecified atom stereocenters. The van der Waals surface area contributed by atoms with Gasteiger partial charge in [0, 0.05) is 0 Å². The van der Waals surface area contributed by atoms with E-state index in [1.807, 2.05) is 17.6 Å². The van der Waals surface area contributed by atoms with Crippen molar-refractivity contribution in [3.8, 4) is 0 Å². The average molecular weight is 273 g/mol. The molecule has 2 heterocycles. The second-order valence-corrected chi connectivity index (χ2v) is 10.8. The minimum Gasteiger partial charge on any atom is -0.473 e. The van der Waals surface area contributed by atoms with Crippen LogP contribution in [0.25, 0.3) is 10.2 Å². The summed E-state index contributed by atoms with van der Waals surface area (Å²) in [6.45, 7) is 6.77. The van der Waals surface area contributed by atoms with Crippen molar-refractivity contribution in [2.24, 2.45) is 0 Å². The normalized spacial score (nSPS) is 12.2. The highest BCUT2D eigenvalue weighted by Gasteiger charge is 2.30. The van der Waals surface area contributed by atoms with Gasteiger partial charge >= 0.3 is 0 Å². The van der Waals surface area contributed by atoms with Crippen molar-refractivity contribution in [2.75, 3.05) is 0 Å². The Morgan fingerprint density at radius 3 is 2.78 bits per heavy atom. The molecule has 0 saturated carbocycles. The molecule has 2 nitrogen and oxygen atoms in total. The predicted octanol–water partition coefficient (Wildman–Crippen LogP) is 3.02. The third-order valence-corrected chi connectivity index (χ3v) is 8.90. The molecular formula is C14H15NOSSi. The molecule has 0 fully saturated rings. The minimum absolute atomic E-state index is 1.12. The first-order chi connectivity index (χ1) is 8.57. The zero-order chi connectivity index (χ0) is 12.8. The summed E-state index contributed by atoms with van der Waals surface area (Å²) in [6, 6.07) is 8.53. The van der Waals surface area contributed by atoms with E-state index in [1.54, 1.807) is 6.26 Å². The summed E-state index contributed by atoms with van der Waals surface area (Å²) in [5.41, 5.74) is 2.41. The topological polar surface area (TPSA) is 26.0 Å². The predicted molar refractivity (Wildman–Crippen MR) is 79.8 cm³/mol. The molecule has 4 heteroatoms. The third kappa shape index (κ3) is 1.81. The molecule has 92 valence electrons. The van der Waals surface area contributed by atoms with Gasteiger partial charge in [0.1, 0.15) is 0 Å². The van der Waals surface area contributed by atoms with E-state index in [9.17, 15) is 0 Å². The number of fused-ring (bicyclic) bond motifs is 1. The van der Waals surface area contributed by atoms with Crippen molar-refractivity contribution < 1.29 is 4.42 Å². The summed E-state index contributed by atoms with van der Waals surface area (Å²) in [7, 11) is -1.69. The maximum absolute atomic E-state index is 5.23. The molecule has 3 rings (SSSR count). The highest BCUT2D eigenvalue weighted by Crippen LogP contribution is 2.20. The Kier molecular flexibility index (Phi) is 2.64. The van der Waals surface area contributed by atoms with Crippen molar-refractivity contribution in [3.05, 3.63) is 42.4 Å². The highest BCUT2D eigenvalue weighted by atomic mass is 32.1. The van der Waals surface area contributed by atoms with E-state index in [1.165, 1.54) is 20.1 Å². The Labute approximate surface area is 111 Å². The van der Waals surface area contributed by atoms with Crippen LogP contribution in [0, 0.1) is 6.92 Å². The van der Waals surface area contributed by atoms with E-state index in [-0.39, 0.29) is 0 Å². The van der Waals surface area contributed by atoms with E-state index in [0.717, 1.165) is 5.52 Å². The number of rotatable bonds is 2. The Balaban J connectivity index is 2.14. The average Bonchev–Trinajstić information content (AvgIpc) is 2.97. The fourth-order valence-corrected chi connectivity index (χ4v) is 6.06. The van der Waals surface area contributed by atoms with Crippen LogP contribution in [0.1, 0.15) is 5.56 Å². The van der Waals surface area contributed by atoms with Gasteiger partial charge < -0.3 is 4.42 Å². The summed E-state index contributed by atoms with van der Waals surface area (Å²) < 4.78 is 7.78. The molecule has 0 N–H and O–H groups in total. The van der Waals surface area contributed by atoms with E-state index in [2.05, 4.69) is 44.3 Å². The Hall–Kier alpha value is -1.39. The van der Waals surface area contributed by atoms with Crippen LogP contribution in [0.3, 0.4) is 0 Å². The molecule has 3 aromatic rings. The fourth-order valence-electron chi connectivity index (χ4n) is 2.04. The Morgan fingerprint density at radius 2 is 2.06 bits per heavy atom. The number of hydrogen-bond donors (Lipinski definition) is 0. The second-order valence-electron chi connectivity index (χ2n) is 5.13. The summed E-state index contributed by atoms with van der Waals surface area (Å²) >= 11 is 1.83. The summed E-state index contributed by atoms with van der Waals surface area (Å²) in [4.78, 5) is 4.82. The first kappa shape index (κ1) is 11.7. The Bertz CT molecular complexity index is 685. The molecule has 0 bridgehead atoms. The maximum Gasteiger partial charge on any atom is 0.152 e. The molecule has 0 aliphatic carbocycles. The number of hydrogen-bond acceptors (Lipinski definition) is 3. The molecule has 0 saturated heterocycles. The van der Waals surface area contributed by atoms with Crippen LogP contribution in [-0.2, 0) is 0 Å². The number of benzene rings is 1. The third-order valence-electron chi connectivity index (χ3n) is 3.32. The van der Waals surface area contributed by atoms with Gasteiger partial charge in [0.2, 0.25) is 0 Å². The molecule has 0 amide bonds. The number of aromatic nitrogens is 1. The van der Waals surface area contributed by atoms with Crippen LogP contribution in [-0.4, -0.2) is 13.1 Å². The molecule has 0 atom stereocenters. The van der Waals surface area contributed by atoms with Gasteiger partial charge in [0.05, 0.1) is 27.4 Å². The van der Waals surface area contributed by atoms with Gasteiger partial charge in [-0.25, -0.2) is 4.98 Å². The van der Waals surface area contributed by atoms with Crippen LogP contribution in [0.2, 0.25) is 13.1 Å². The van der Waals surface area contributed by atoms with Gasteiger partial charge in [-0.05, 0) is 35.9 Å². The molecular weight excluding hydrogens is 258 g/mol. The molecule has 18 heavy (non-hydrogen) atoms. The van der Waals surface area contributed by atoms with Gasteiger partial charge in [-0.1, -0.05) is 19.2 Å². The van der Waals surface area contributed by atoms with Crippen molar-refractivity contribution in [3.63, 3.8) is 0 Å². The highest BCUT2D eigenvalue weighted by molar-refractivity contribution is 7.32. The van der Waals surface area contributed by atoms with Crippen LogP contribution in [0.15, 0.2) is 41.2 Å². The van der Waals surface area contributed by atoms with E-state index < -0.39 is 8.07 Å². The number of thiazole rings is 1. The van der Waals surface area contributed by atoms with Crippen LogP contribution >= 0.6 is 11.3 Å². The minimum atomic E-state index is -1.69. The zero-order valence-electron chi connectivity index (χ0n) is 10.7. The summed E-state index contributed by atoms with van der Waals surface area (Å²) in [6.07, 6.45) is 3.62. The lowest BCUT2D eigenvalue weighted by Gasteiger charge is -2.16. The monoisotopic (exact) mass is 273 g/mol. The van der Waals surface area contributed by atoms with E-state index in [4.69, 9.17) is 9.40 Å². The number of nitrogens with zero attached hydrogens (tertiary/aromatic N) is 1. The SMILES string of the molecule is Cc1ccc2nc([Si](C)(C)c3ccoc3)sc2c1. The van der Waals surface area contributed by atoms with Crippen molar-refractivity contribution in [1.29, 1.82) is 0 Å². The maximum atomic E-state index is 5.23. The molecule has 0 aliphatic rings. The van der Waals surface area contributed by atoms with Gasteiger partial charge in [-0.2, -0.15) is 0 Å². The summed E-state index contributed by atoms with van der Waals surface area (Å²) in [5.74, 6) is 0. The summed E-state index contributed by atoms with van der Waals surface area (Å²) in [5, 5.41) is 1.30. The molecule has 1 aromatic carbocycles. The number of aryl methyl sites for hydroxylation is 1. The van der Waals surface area contributed by atoms with Crippen LogP contribution in [0.4, 0.5) is 0 Å². The molecule has 2 aromatic heterocycles. The van der Waals surface area contributed by atoms with Crippen molar-refractivity contribution >= 4 is 39.4 Å². The zero-order valence-corrected chi connectivity index (χ0v) is 12.5. The molecule has 0 radical (unpaired) electrons. The van der Waals surface area contributed by atoms with Crippen LogP contribution in [0.5, 0.6) is 0 Å². The molecule has 0 aliphatic heterocycles. The van der Waals surface area contributed by atoms with E-state index in [0.29, 0.717) is 0 Å². The van der Waals surface area contributed by atoms with Gasteiger partial charge in [-0.15, -0.1) is 11.3 Å². The van der Waals surface area contributed by atoms with Crippen molar-refractivity contribution in [2.45, 2.75) is 20.0 Å². The lowest BCUT2D eigenvalue weighted by atomic mass is 10.2. The van der Waals surface area contributed by atoms with Gasteiger partial charge in [0.25, 0.3) is 0 Å². The first-order valence-electron chi connectivity index (χ1n) is 5.98. The van der Waals surface area contributed by atoms with Gasteiger partial charge in [-0.3, -0.25) is 0 Å². The largest absolute Gasteiger partial charge is 0.473 e. The lowest BCUT2D eigenvalue weighted by Crippen LogP contribution is -2.52. The van der Waals surface area contributed by atoms with Gasteiger partial charge in [0.15, 0.2) is 8.07 Å². The molecule has 0 spiro atoms. The second kappa shape index (κ2) is 4.07. The Morgan fingerprint density at radius 1 is 1.22 bits per heavy atom. The van der Waals surface area contributed by atoms with Crippen molar-refractivity contribution in [1.82, 2.24) is 4.98 Å². The lowest BCUT2D eigenvalue weighted by molar-refractivity contribution is 0.569. The smallest absolute Gasteiger partial charge is 0.152 e. The fraction of sp³-hybridized carbons (Fsp3) is 0.214.